The van der Waals surface area contributed by atoms with E-state index in [9.17, 15) is 8.42 Å². The van der Waals surface area contributed by atoms with Crippen LogP contribution in [0.25, 0.3) is 0 Å². The topological polar surface area (TPSA) is 65.1 Å². The maximum atomic E-state index is 13.2. The first-order valence-corrected chi connectivity index (χ1v) is 10.4. The van der Waals surface area contributed by atoms with Crippen LogP contribution in [0.3, 0.4) is 0 Å². The Hall–Kier alpha value is -2.25. The molecule has 0 bridgehead atoms. The molecule has 0 aliphatic carbocycles. The minimum atomic E-state index is -3.68. The quantitative estimate of drug-likeness (QED) is 0.725. The van der Waals surface area contributed by atoms with Gasteiger partial charge >= 0.3 is 0 Å². The van der Waals surface area contributed by atoms with Gasteiger partial charge in [-0.2, -0.15) is 4.31 Å². The zero-order valence-electron chi connectivity index (χ0n) is 15.6. The van der Waals surface area contributed by atoms with Crippen LogP contribution in [0.15, 0.2) is 53.4 Å². The van der Waals surface area contributed by atoms with Crippen LogP contribution in [-0.2, 0) is 10.0 Å². The largest absolute Gasteiger partial charge is 0.497 e. The van der Waals surface area contributed by atoms with E-state index in [-0.39, 0.29) is 10.8 Å². The number of hydrogen-bond donors (Lipinski definition) is 0. The summed E-state index contributed by atoms with van der Waals surface area (Å²) in [5.41, 5.74) is 0. The number of piperidine rings is 1. The predicted octanol–water partition coefficient (Wildman–Crippen LogP) is 3.18. The number of para-hydroxylation sites is 1. The van der Waals surface area contributed by atoms with Gasteiger partial charge in [-0.1, -0.05) is 18.2 Å². The van der Waals surface area contributed by atoms with Gasteiger partial charge in [-0.05, 0) is 37.1 Å². The first-order chi connectivity index (χ1) is 13.0. The second-order valence-electron chi connectivity index (χ2n) is 6.51. The lowest BCUT2D eigenvalue weighted by atomic mass is 10.0. The Morgan fingerprint density at radius 2 is 1.81 bits per heavy atom. The molecule has 1 heterocycles. The van der Waals surface area contributed by atoms with Gasteiger partial charge in [-0.25, -0.2) is 8.42 Å². The summed E-state index contributed by atoms with van der Waals surface area (Å²) in [6, 6.07) is 14.4. The number of rotatable bonds is 7. The van der Waals surface area contributed by atoms with Crippen LogP contribution in [0.4, 0.5) is 0 Å². The van der Waals surface area contributed by atoms with Crippen molar-refractivity contribution in [2.24, 2.45) is 5.92 Å². The van der Waals surface area contributed by atoms with Crippen LogP contribution >= 0.6 is 0 Å². The summed E-state index contributed by atoms with van der Waals surface area (Å²) in [5, 5.41) is 0. The molecular formula is C20H25NO5S. The average molecular weight is 391 g/mol. The molecule has 0 saturated carbocycles. The molecule has 0 amide bonds. The van der Waals surface area contributed by atoms with Gasteiger partial charge < -0.3 is 14.2 Å². The summed E-state index contributed by atoms with van der Waals surface area (Å²) in [5.74, 6) is 1.74. The van der Waals surface area contributed by atoms with Crippen LogP contribution in [0.2, 0.25) is 0 Å². The van der Waals surface area contributed by atoms with E-state index in [1.807, 2.05) is 30.3 Å². The van der Waals surface area contributed by atoms with Crippen LogP contribution in [0.5, 0.6) is 17.2 Å². The predicted molar refractivity (Wildman–Crippen MR) is 103 cm³/mol. The molecule has 6 nitrogen and oxygen atoms in total. The highest BCUT2D eigenvalue weighted by molar-refractivity contribution is 7.89. The SMILES string of the molecule is COc1ccc(OC)c(S(=O)(=O)N2CCCC(COc3ccccc3)C2)c1. The van der Waals surface area contributed by atoms with Gasteiger partial charge in [0.2, 0.25) is 10.0 Å². The Labute approximate surface area is 160 Å². The van der Waals surface area contributed by atoms with Crippen LogP contribution in [0.1, 0.15) is 12.8 Å². The van der Waals surface area contributed by atoms with Gasteiger partial charge in [0.25, 0.3) is 0 Å². The molecule has 0 radical (unpaired) electrons. The molecule has 0 N–H and O–H groups in total. The molecular weight excluding hydrogens is 366 g/mol. The van der Waals surface area contributed by atoms with Crippen molar-refractivity contribution in [2.75, 3.05) is 33.9 Å². The normalized spacial score (nSPS) is 18.1. The monoisotopic (exact) mass is 391 g/mol. The molecule has 1 atom stereocenters. The molecule has 0 aromatic heterocycles. The number of sulfonamides is 1. The van der Waals surface area contributed by atoms with Crippen molar-refractivity contribution in [2.45, 2.75) is 17.7 Å². The van der Waals surface area contributed by atoms with Crippen molar-refractivity contribution in [1.82, 2.24) is 4.31 Å². The fraction of sp³-hybridized carbons (Fsp3) is 0.400. The fourth-order valence-corrected chi connectivity index (χ4v) is 4.96. The molecule has 27 heavy (non-hydrogen) atoms. The third kappa shape index (κ3) is 4.54. The van der Waals surface area contributed by atoms with Crippen LogP contribution in [0, 0.1) is 5.92 Å². The molecule has 1 unspecified atom stereocenters. The van der Waals surface area contributed by atoms with E-state index < -0.39 is 10.0 Å². The Bertz CT molecular complexity index is 854. The van der Waals surface area contributed by atoms with Crippen molar-refractivity contribution in [3.05, 3.63) is 48.5 Å². The molecule has 1 fully saturated rings. The van der Waals surface area contributed by atoms with E-state index >= 15 is 0 Å². The second kappa shape index (κ2) is 8.63. The maximum absolute atomic E-state index is 13.2. The third-order valence-electron chi connectivity index (χ3n) is 4.70. The van der Waals surface area contributed by atoms with Crippen molar-refractivity contribution in [3.8, 4) is 17.2 Å². The molecule has 2 aromatic rings. The minimum Gasteiger partial charge on any atom is -0.497 e. The van der Waals surface area contributed by atoms with E-state index in [1.54, 1.807) is 12.1 Å². The van der Waals surface area contributed by atoms with Crippen molar-refractivity contribution < 1.29 is 22.6 Å². The van der Waals surface area contributed by atoms with E-state index in [0.29, 0.717) is 31.2 Å². The molecule has 2 aromatic carbocycles. The molecule has 146 valence electrons. The fourth-order valence-electron chi connectivity index (χ4n) is 3.24. The molecule has 1 aliphatic heterocycles. The Morgan fingerprint density at radius 1 is 1.04 bits per heavy atom. The van der Waals surface area contributed by atoms with Crippen LogP contribution < -0.4 is 14.2 Å². The Morgan fingerprint density at radius 3 is 2.52 bits per heavy atom. The number of benzene rings is 2. The van der Waals surface area contributed by atoms with Gasteiger partial charge in [0, 0.05) is 25.1 Å². The minimum absolute atomic E-state index is 0.133. The second-order valence-corrected chi connectivity index (χ2v) is 8.42. The lowest BCUT2D eigenvalue weighted by Gasteiger charge is -2.32. The zero-order valence-corrected chi connectivity index (χ0v) is 16.4. The first-order valence-electron chi connectivity index (χ1n) is 8.94. The molecule has 0 spiro atoms. The van der Waals surface area contributed by atoms with E-state index in [1.165, 1.54) is 24.6 Å². The van der Waals surface area contributed by atoms with Gasteiger partial charge in [0.1, 0.15) is 22.1 Å². The highest BCUT2D eigenvalue weighted by Gasteiger charge is 2.33. The maximum Gasteiger partial charge on any atom is 0.246 e. The Kier molecular flexibility index (Phi) is 6.23. The molecule has 7 heteroatoms. The summed E-state index contributed by atoms with van der Waals surface area (Å²) < 4.78 is 44.2. The summed E-state index contributed by atoms with van der Waals surface area (Å²) in [6.07, 6.45) is 1.74. The Balaban J connectivity index is 1.74. The first kappa shape index (κ1) is 19.5. The highest BCUT2D eigenvalue weighted by Crippen LogP contribution is 2.32. The summed E-state index contributed by atoms with van der Waals surface area (Å²) in [4.78, 5) is 0.133. The molecule has 1 aliphatic rings. The van der Waals surface area contributed by atoms with E-state index in [2.05, 4.69) is 0 Å². The highest BCUT2D eigenvalue weighted by atomic mass is 32.2. The van der Waals surface area contributed by atoms with E-state index in [4.69, 9.17) is 14.2 Å². The lowest BCUT2D eigenvalue weighted by molar-refractivity contribution is 0.180. The van der Waals surface area contributed by atoms with Gasteiger partial charge in [-0.3, -0.25) is 0 Å². The van der Waals surface area contributed by atoms with Crippen LogP contribution in [-0.4, -0.2) is 46.6 Å². The summed E-state index contributed by atoms with van der Waals surface area (Å²) >= 11 is 0. The lowest BCUT2D eigenvalue weighted by Crippen LogP contribution is -2.41. The third-order valence-corrected chi connectivity index (χ3v) is 6.59. The number of methoxy groups -OCH3 is 2. The number of hydrogen-bond acceptors (Lipinski definition) is 5. The number of ether oxygens (including phenoxy) is 3. The molecule has 3 rings (SSSR count). The van der Waals surface area contributed by atoms with Gasteiger partial charge in [-0.15, -0.1) is 0 Å². The number of nitrogens with zero attached hydrogens (tertiary/aromatic N) is 1. The zero-order chi connectivity index (χ0) is 19.3. The van der Waals surface area contributed by atoms with Crippen molar-refractivity contribution in [3.63, 3.8) is 0 Å². The van der Waals surface area contributed by atoms with E-state index in [0.717, 1.165) is 18.6 Å². The standard InChI is InChI=1S/C20H25NO5S/c1-24-18-10-11-19(25-2)20(13-18)27(22,23)21-12-6-7-16(14-21)15-26-17-8-4-3-5-9-17/h3-5,8-11,13,16H,6-7,12,14-15H2,1-2H3. The van der Waals surface area contributed by atoms with Gasteiger partial charge in [0.15, 0.2) is 0 Å². The summed E-state index contributed by atoms with van der Waals surface area (Å²) in [7, 11) is -0.705. The molecule has 1 saturated heterocycles. The summed E-state index contributed by atoms with van der Waals surface area (Å²) in [6.45, 7) is 1.41. The average Bonchev–Trinajstić information content (AvgIpc) is 2.72. The van der Waals surface area contributed by atoms with Crippen molar-refractivity contribution >= 4 is 10.0 Å². The smallest absolute Gasteiger partial charge is 0.246 e. The van der Waals surface area contributed by atoms with Crippen molar-refractivity contribution in [1.29, 1.82) is 0 Å². The van der Waals surface area contributed by atoms with Gasteiger partial charge in [0.05, 0.1) is 20.8 Å².